The number of nitrogens with zero attached hydrogens (tertiary/aromatic N) is 1. The number of aliphatic carboxylic acids is 1. The molecule has 2 aromatic rings. The summed E-state index contributed by atoms with van der Waals surface area (Å²) in [4.78, 5) is 15.3. The number of benzene rings is 1. The summed E-state index contributed by atoms with van der Waals surface area (Å²) < 4.78 is 6.70. The van der Waals surface area contributed by atoms with E-state index in [9.17, 15) is 4.79 Å². The lowest BCUT2D eigenvalue weighted by Crippen LogP contribution is -2.41. The van der Waals surface area contributed by atoms with E-state index in [1.807, 2.05) is 25.1 Å². The number of nitrogens with two attached hydrogens (primary N) is 1. The van der Waals surface area contributed by atoms with Gasteiger partial charge in [0.15, 0.2) is 0 Å². The van der Waals surface area contributed by atoms with Crippen LogP contribution in [0.5, 0.6) is 5.75 Å². The van der Waals surface area contributed by atoms with Gasteiger partial charge in [0.1, 0.15) is 21.7 Å². The molecular formula is C15H19N3O3S2. The molecule has 4 N–H and O–H groups in total. The standard InChI is InChI=1S/C15H19N3O3S2/c1-15(18-11(8-22-15)13(19)20)14-17-10-4-3-9(7-12(10)23-14)21-6-2-5-16/h3-4,7,11,18H,2,5-6,8,16H2,1H3,(H,19,20)/t11-,15?/m1/s1. The Hall–Kier alpha value is -1.35. The fraction of sp³-hybridized carbons (Fsp3) is 0.467. The van der Waals surface area contributed by atoms with Gasteiger partial charge in [-0.3, -0.25) is 10.1 Å². The fourth-order valence-corrected chi connectivity index (χ4v) is 4.82. The van der Waals surface area contributed by atoms with Gasteiger partial charge in [0.25, 0.3) is 0 Å². The molecular weight excluding hydrogens is 334 g/mol. The van der Waals surface area contributed by atoms with Gasteiger partial charge < -0.3 is 15.6 Å². The zero-order valence-corrected chi connectivity index (χ0v) is 14.4. The van der Waals surface area contributed by atoms with E-state index < -0.39 is 16.9 Å². The van der Waals surface area contributed by atoms with Crippen LogP contribution in [0, 0.1) is 0 Å². The molecule has 0 saturated carbocycles. The zero-order chi connectivity index (χ0) is 16.4. The van der Waals surface area contributed by atoms with Crippen LogP contribution < -0.4 is 15.8 Å². The molecule has 2 atom stereocenters. The van der Waals surface area contributed by atoms with Crippen molar-refractivity contribution in [2.24, 2.45) is 5.73 Å². The highest BCUT2D eigenvalue weighted by Gasteiger charge is 2.41. The second kappa shape index (κ2) is 6.64. The average molecular weight is 353 g/mol. The van der Waals surface area contributed by atoms with Crippen molar-refractivity contribution in [3.63, 3.8) is 0 Å². The lowest BCUT2D eigenvalue weighted by atomic mass is 10.2. The van der Waals surface area contributed by atoms with Crippen molar-refractivity contribution in [3.05, 3.63) is 23.2 Å². The number of carbonyl (C=O) groups is 1. The maximum atomic E-state index is 11.1. The van der Waals surface area contributed by atoms with Crippen LogP contribution in [0.1, 0.15) is 18.4 Å². The summed E-state index contributed by atoms with van der Waals surface area (Å²) in [6.45, 7) is 3.19. The number of carboxylic acids is 1. The van der Waals surface area contributed by atoms with Crippen LogP contribution in [0.4, 0.5) is 0 Å². The number of aromatic nitrogens is 1. The van der Waals surface area contributed by atoms with Crippen molar-refractivity contribution in [2.45, 2.75) is 24.3 Å². The first kappa shape index (κ1) is 16.5. The van der Waals surface area contributed by atoms with E-state index >= 15 is 0 Å². The van der Waals surface area contributed by atoms with E-state index in [0.29, 0.717) is 18.9 Å². The predicted molar refractivity (Wildman–Crippen MR) is 93.2 cm³/mol. The molecule has 3 rings (SSSR count). The molecule has 23 heavy (non-hydrogen) atoms. The molecule has 8 heteroatoms. The number of fused-ring (bicyclic) bond motifs is 1. The number of hydrogen-bond acceptors (Lipinski definition) is 7. The number of thiazole rings is 1. The summed E-state index contributed by atoms with van der Waals surface area (Å²) in [6.07, 6.45) is 0.821. The van der Waals surface area contributed by atoms with Crippen molar-refractivity contribution in [2.75, 3.05) is 18.9 Å². The van der Waals surface area contributed by atoms with E-state index in [2.05, 4.69) is 10.3 Å². The van der Waals surface area contributed by atoms with Crippen LogP contribution in [0.3, 0.4) is 0 Å². The fourth-order valence-electron chi connectivity index (χ4n) is 2.39. The van der Waals surface area contributed by atoms with E-state index in [0.717, 1.165) is 27.4 Å². The van der Waals surface area contributed by atoms with Crippen LogP contribution in [0.25, 0.3) is 10.2 Å². The number of ether oxygens (including phenoxy) is 1. The molecule has 1 aromatic carbocycles. The maximum Gasteiger partial charge on any atom is 0.321 e. The van der Waals surface area contributed by atoms with Gasteiger partial charge in [-0.2, -0.15) is 0 Å². The minimum atomic E-state index is -0.821. The van der Waals surface area contributed by atoms with Gasteiger partial charge in [0.05, 0.1) is 16.8 Å². The second-order valence-electron chi connectivity index (χ2n) is 5.52. The van der Waals surface area contributed by atoms with Crippen molar-refractivity contribution >= 4 is 39.3 Å². The second-order valence-corrected chi connectivity index (χ2v) is 7.99. The van der Waals surface area contributed by atoms with Crippen LogP contribution in [-0.4, -0.2) is 41.0 Å². The van der Waals surface area contributed by atoms with Crippen molar-refractivity contribution in [1.29, 1.82) is 0 Å². The van der Waals surface area contributed by atoms with Crippen molar-refractivity contribution in [1.82, 2.24) is 10.3 Å². The van der Waals surface area contributed by atoms with E-state index in [1.165, 1.54) is 0 Å². The SMILES string of the molecule is CC1(c2nc3ccc(OCCCN)cc3s2)N[C@@H](C(=O)O)CS1. The smallest absolute Gasteiger partial charge is 0.321 e. The lowest BCUT2D eigenvalue weighted by Gasteiger charge is -2.20. The maximum absolute atomic E-state index is 11.1. The summed E-state index contributed by atoms with van der Waals surface area (Å²) in [7, 11) is 0. The molecule has 1 aromatic heterocycles. The predicted octanol–water partition coefficient (Wildman–Crippen LogP) is 1.99. The van der Waals surface area contributed by atoms with Crippen molar-refractivity contribution in [3.8, 4) is 5.75 Å². The minimum Gasteiger partial charge on any atom is -0.493 e. The van der Waals surface area contributed by atoms with Crippen LogP contribution >= 0.6 is 23.1 Å². The van der Waals surface area contributed by atoms with Gasteiger partial charge in [-0.1, -0.05) is 0 Å². The van der Waals surface area contributed by atoms with Gasteiger partial charge in [-0.25, -0.2) is 4.98 Å². The average Bonchev–Trinajstić information content (AvgIpc) is 3.12. The quantitative estimate of drug-likeness (QED) is 0.683. The first-order chi connectivity index (χ1) is 11.0. The largest absolute Gasteiger partial charge is 0.493 e. The monoisotopic (exact) mass is 353 g/mol. The van der Waals surface area contributed by atoms with E-state index in [-0.39, 0.29) is 0 Å². The molecule has 2 heterocycles. The third-order valence-electron chi connectivity index (χ3n) is 3.67. The minimum absolute atomic E-state index is 0.465. The Morgan fingerprint density at radius 3 is 3.13 bits per heavy atom. The molecule has 1 saturated heterocycles. The van der Waals surface area contributed by atoms with E-state index in [4.69, 9.17) is 15.6 Å². The highest BCUT2D eigenvalue weighted by molar-refractivity contribution is 8.00. The Bertz CT molecular complexity index is 721. The number of hydrogen-bond donors (Lipinski definition) is 3. The summed E-state index contributed by atoms with van der Waals surface area (Å²) in [5.41, 5.74) is 6.37. The van der Waals surface area contributed by atoms with Crippen molar-refractivity contribution < 1.29 is 14.6 Å². The molecule has 1 fully saturated rings. The van der Waals surface area contributed by atoms with Gasteiger partial charge in [-0.05, 0) is 38.1 Å². The Kier molecular flexibility index (Phi) is 4.77. The Balaban J connectivity index is 1.81. The molecule has 1 aliphatic heterocycles. The first-order valence-electron chi connectivity index (χ1n) is 7.40. The van der Waals surface area contributed by atoms with Gasteiger partial charge in [0.2, 0.25) is 0 Å². The molecule has 0 radical (unpaired) electrons. The zero-order valence-electron chi connectivity index (χ0n) is 12.7. The molecule has 1 aliphatic rings. The summed E-state index contributed by atoms with van der Waals surface area (Å²) in [5.74, 6) is 0.523. The normalized spacial score (nSPS) is 24.2. The van der Waals surface area contributed by atoms with Gasteiger partial charge in [-0.15, -0.1) is 23.1 Å². The molecule has 0 aliphatic carbocycles. The Morgan fingerprint density at radius 1 is 1.61 bits per heavy atom. The molecule has 6 nitrogen and oxygen atoms in total. The number of rotatable bonds is 6. The topological polar surface area (TPSA) is 97.5 Å². The molecule has 0 spiro atoms. The summed E-state index contributed by atoms with van der Waals surface area (Å²) in [6, 6.07) is 5.28. The summed E-state index contributed by atoms with van der Waals surface area (Å²) in [5, 5.41) is 13.2. The Morgan fingerprint density at radius 2 is 2.43 bits per heavy atom. The highest BCUT2D eigenvalue weighted by Crippen LogP contribution is 2.42. The molecule has 1 unspecified atom stereocenters. The third kappa shape index (κ3) is 3.45. The molecule has 124 valence electrons. The lowest BCUT2D eigenvalue weighted by molar-refractivity contribution is -0.138. The Labute approximate surface area is 142 Å². The number of carboxylic acid groups (broad SMARTS) is 1. The van der Waals surface area contributed by atoms with Crippen LogP contribution in [0.15, 0.2) is 18.2 Å². The summed E-state index contributed by atoms with van der Waals surface area (Å²) >= 11 is 3.15. The highest BCUT2D eigenvalue weighted by atomic mass is 32.2. The molecule has 0 bridgehead atoms. The number of thioether (sulfide) groups is 1. The van der Waals surface area contributed by atoms with Gasteiger partial charge in [0, 0.05) is 5.75 Å². The number of nitrogens with one attached hydrogen (secondary N) is 1. The van der Waals surface area contributed by atoms with Crippen LogP contribution in [-0.2, 0) is 9.67 Å². The van der Waals surface area contributed by atoms with Crippen LogP contribution in [0.2, 0.25) is 0 Å². The third-order valence-corrected chi connectivity index (χ3v) is 6.43. The molecule has 0 amide bonds. The first-order valence-corrected chi connectivity index (χ1v) is 9.20. The van der Waals surface area contributed by atoms with E-state index in [1.54, 1.807) is 23.1 Å². The van der Waals surface area contributed by atoms with Gasteiger partial charge >= 0.3 is 5.97 Å².